The van der Waals surface area contributed by atoms with Gasteiger partial charge in [0.15, 0.2) is 0 Å². The van der Waals surface area contributed by atoms with Crippen LogP contribution in [0.3, 0.4) is 0 Å². The minimum absolute atomic E-state index is 0.125. The van der Waals surface area contributed by atoms with Gasteiger partial charge in [0.05, 0.1) is 11.3 Å². The number of likely N-dealkylation sites (N-methyl/N-ethyl adjacent to an activating group) is 1. The highest BCUT2D eigenvalue weighted by molar-refractivity contribution is 7.89. The van der Waals surface area contributed by atoms with Gasteiger partial charge >= 0.3 is 0 Å². The van der Waals surface area contributed by atoms with Gasteiger partial charge in [-0.2, -0.15) is 4.31 Å². The Hall–Kier alpha value is -0.130. The molecule has 2 rings (SSSR count). The van der Waals surface area contributed by atoms with Crippen molar-refractivity contribution in [1.29, 1.82) is 0 Å². The van der Waals surface area contributed by atoms with Crippen molar-refractivity contribution in [3.63, 3.8) is 0 Å². The highest BCUT2D eigenvalue weighted by Crippen LogP contribution is 2.43. The first-order valence-electron chi connectivity index (χ1n) is 6.14. The zero-order chi connectivity index (χ0) is 12.0. The summed E-state index contributed by atoms with van der Waals surface area (Å²) in [4.78, 5) is 0. The number of rotatable bonds is 1. The summed E-state index contributed by atoms with van der Waals surface area (Å²) in [6.45, 7) is 2.21. The quantitative estimate of drug-likeness (QED) is 0.748. The van der Waals surface area contributed by atoms with Crippen molar-refractivity contribution < 1.29 is 8.42 Å². The molecule has 1 atom stereocenters. The van der Waals surface area contributed by atoms with Crippen LogP contribution in [0, 0.1) is 5.92 Å². The molecule has 4 nitrogen and oxygen atoms in total. The topological polar surface area (TPSA) is 63.4 Å². The van der Waals surface area contributed by atoms with Crippen LogP contribution in [0.5, 0.6) is 0 Å². The fourth-order valence-corrected chi connectivity index (χ4v) is 5.14. The molecule has 0 bridgehead atoms. The van der Waals surface area contributed by atoms with Gasteiger partial charge < -0.3 is 5.73 Å². The smallest absolute Gasteiger partial charge is 0.216 e. The van der Waals surface area contributed by atoms with Gasteiger partial charge in [-0.05, 0) is 31.6 Å². The summed E-state index contributed by atoms with van der Waals surface area (Å²) in [7, 11) is -1.40. The Morgan fingerprint density at radius 3 is 2.31 bits per heavy atom. The summed E-state index contributed by atoms with van der Waals surface area (Å²) < 4.78 is 25.3. The van der Waals surface area contributed by atoms with Gasteiger partial charge in [0.25, 0.3) is 0 Å². The van der Waals surface area contributed by atoms with Gasteiger partial charge in [0, 0.05) is 13.1 Å². The van der Waals surface area contributed by atoms with Gasteiger partial charge in [-0.3, -0.25) is 0 Å². The van der Waals surface area contributed by atoms with E-state index in [2.05, 4.69) is 6.92 Å². The maximum atomic E-state index is 11.8. The van der Waals surface area contributed by atoms with Gasteiger partial charge in [-0.25, -0.2) is 8.42 Å². The molecule has 1 spiro atoms. The molecular formula is C11H22N2O2S. The SMILES string of the molecule is CCC1CCC2(CC1)C(N)CS(=O)(=O)N2C. The predicted molar refractivity (Wildman–Crippen MR) is 64.5 cm³/mol. The fraction of sp³-hybridized carbons (Fsp3) is 1.00. The monoisotopic (exact) mass is 246 g/mol. The summed E-state index contributed by atoms with van der Waals surface area (Å²) in [5, 5.41) is 0. The normalized spacial score (nSPS) is 43.9. The first-order valence-corrected chi connectivity index (χ1v) is 7.75. The van der Waals surface area contributed by atoms with Crippen LogP contribution in [0.2, 0.25) is 0 Å². The molecule has 1 aliphatic carbocycles. The molecule has 0 aromatic carbocycles. The van der Waals surface area contributed by atoms with E-state index in [0.29, 0.717) is 0 Å². The summed E-state index contributed by atoms with van der Waals surface area (Å²) in [5.41, 5.74) is 5.80. The van der Waals surface area contributed by atoms with E-state index in [-0.39, 0.29) is 17.3 Å². The lowest BCUT2D eigenvalue weighted by atomic mass is 9.72. The van der Waals surface area contributed by atoms with Gasteiger partial charge in [-0.15, -0.1) is 0 Å². The highest BCUT2D eigenvalue weighted by Gasteiger charge is 2.54. The van der Waals surface area contributed by atoms with E-state index < -0.39 is 10.0 Å². The zero-order valence-corrected chi connectivity index (χ0v) is 11.0. The van der Waals surface area contributed by atoms with Crippen LogP contribution in [-0.2, 0) is 10.0 Å². The van der Waals surface area contributed by atoms with Crippen molar-refractivity contribution in [2.45, 2.75) is 50.6 Å². The molecule has 2 N–H and O–H groups in total. The molecule has 1 unspecified atom stereocenters. The molecule has 2 aliphatic rings. The summed E-state index contributed by atoms with van der Waals surface area (Å²) >= 11 is 0. The maximum Gasteiger partial charge on any atom is 0.216 e. The van der Waals surface area contributed by atoms with Crippen LogP contribution in [0.15, 0.2) is 0 Å². The van der Waals surface area contributed by atoms with Crippen LogP contribution in [-0.4, -0.2) is 37.1 Å². The first-order chi connectivity index (χ1) is 7.42. The third-order valence-electron chi connectivity index (χ3n) is 4.67. The van der Waals surface area contributed by atoms with Crippen LogP contribution in [0.1, 0.15) is 39.0 Å². The summed E-state index contributed by atoms with van der Waals surface area (Å²) in [6.07, 6.45) is 5.29. The standard InChI is InChI=1S/C11H22N2O2S/c1-3-9-4-6-11(7-5-9)10(12)8-16(14,15)13(11)2/h9-10H,3-8,12H2,1-2H3. The molecule has 1 heterocycles. The fourth-order valence-electron chi connectivity index (χ4n) is 3.28. The molecule has 0 radical (unpaired) electrons. The van der Waals surface area contributed by atoms with E-state index in [0.717, 1.165) is 31.6 Å². The van der Waals surface area contributed by atoms with Crippen molar-refractivity contribution in [3.8, 4) is 0 Å². The van der Waals surface area contributed by atoms with Crippen molar-refractivity contribution >= 4 is 10.0 Å². The third-order valence-corrected chi connectivity index (χ3v) is 6.65. The zero-order valence-electron chi connectivity index (χ0n) is 10.1. The molecule has 1 saturated carbocycles. The molecule has 1 aliphatic heterocycles. The second-order valence-corrected chi connectivity index (χ2v) is 7.35. The minimum Gasteiger partial charge on any atom is -0.325 e. The number of hydrogen-bond acceptors (Lipinski definition) is 3. The number of sulfonamides is 1. The van der Waals surface area contributed by atoms with Gasteiger partial charge in [-0.1, -0.05) is 13.3 Å². The predicted octanol–water partition coefficient (Wildman–Crippen LogP) is 0.928. The lowest BCUT2D eigenvalue weighted by molar-refractivity contribution is 0.117. The average Bonchev–Trinajstić information content (AvgIpc) is 2.41. The number of nitrogens with zero attached hydrogens (tertiary/aromatic N) is 1. The lowest BCUT2D eigenvalue weighted by Crippen LogP contribution is -2.55. The Morgan fingerprint density at radius 2 is 1.94 bits per heavy atom. The van der Waals surface area contributed by atoms with Gasteiger partial charge in [0.2, 0.25) is 10.0 Å². The van der Waals surface area contributed by atoms with E-state index in [4.69, 9.17) is 5.73 Å². The second-order valence-electron chi connectivity index (χ2n) is 5.31. The molecule has 16 heavy (non-hydrogen) atoms. The largest absolute Gasteiger partial charge is 0.325 e. The molecule has 94 valence electrons. The lowest BCUT2D eigenvalue weighted by Gasteiger charge is -2.43. The highest BCUT2D eigenvalue weighted by atomic mass is 32.2. The Bertz CT molecular complexity index is 358. The Kier molecular flexibility index (Phi) is 3.05. The molecule has 5 heteroatoms. The van der Waals surface area contributed by atoms with E-state index in [1.54, 1.807) is 11.4 Å². The minimum atomic E-state index is -3.10. The molecule has 0 aromatic rings. The Balaban J connectivity index is 2.21. The Labute approximate surface area is 98.2 Å². The van der Waals surface area contributed by atoms with Crippen molar-refractivity contribution in [3.05, 3.63) is 0 Å². The Morgan fingerprint density at radius 1 is 1.38 bits per heavy atom. The number of nitrogens with two attached hydrogens (primary N) is 1. The maximum absolute atomic E-state index is 11.8. The molecule has 0 amide bonds. The van der Waals surface area contributed by atoms with Crippen molar-refractivity contribution in [2.24, 2.45) is 11.7 Å². The second kappa shape index (κ2) is 3.96. The van der Waals surface area contributed by atoms with E-state index in [9.17, 15) is 8.42 Å². The van der Waals surface area contributed by atoms with Gasteiger partial charge in [0.1, 0.15) is 0 Å². The van der Waals surface area contributed by atoms with Crippen LogP contribution in [0.4, 0.5) is 0 Å². The summed E-state index contributed by atoms with van der Waals surface area (Å²) in [6, 6.07) is -0.208. The van der Waals surface area contributed by atoms with E-state index >= 15 is 0 Å². The number of hydrogen-bond donors (Lipinski definition) is 1. The molecule has 2 fully saturated rings. The van der Waals surface area contributed by atoms with E-state index in [1.165, 1.54) is 6.42 Å². The van der Waals surface area contributed by atoms with Crippen molar-refractivity contribution in [1.82, 2.24) is 4.31 Å². The molecule has 1 saturated heterocycles. The first kappa shape index (κ1) is 12.3. The van der Waals surface area contributed by atoms with Crippen LogP contribution < -0.4 is 5.73 Å². The molecule has 0 aromatic heterocycles. The third kappa shape index (κ3) is 1.69. The van der Waals surface area contributed by atoms with Crippen LogP contribution in [0.25, 0.3) is 0 Å². The molecular weight excluding hydrogens is 224 g/mol. The van der Waals surface area contributed by atoms with E-state index in [1.807, 2.05) is 0 Å². The average molecular weight is 246 g/mol. The van der Waals surface area contributed by atoms with Crippen LogP contribution >= 0.6 is 0 Å². The van der Waals surface area contributed by atoms with Crippen molar-refractivity contribution in [2.75, 3.05) is 12.8 Å². The summed E-state index contributed by atoms with van der Waals surface area (Å²) in [5.74, 6) is 0.884.